The molecule has 0 N–H and O–H groups in total. The summed E-state index contributed by atoms with van der Waals surface area (Å²) < 4.78 is 38.2. The number of halogens is 3. The van der Waals surface area contributed by atoms with Crippen LogP contribution in [0.5, 0.6) is 0 Å². The van der Waals surface area contributed by atoms with Crippen LogP contribution >= 0.6 is 0 Å². The van der Waals surface area contributed by atoms with E-state index in [1.54, 1.807) is 18.9 Å². The molecule has 0 spiro atoms. The molecule has 14 heavy (non-hydrogen) atoms. The Hall–Kier alpha value is -0.800. The average Bonchev–Trinajstić information content (AvgIpc) is 2.01. The second kappa shape index (κ2) is 5.83. The SMILES string of the molecule is CC(C#N)CN(C)CCOC(F)(F)F. The molecule has 0 aliphatic heterocycles. The van der Waals surface area contributed by atoms with Gasteiger partial charge in [0, 0.05) is 13.1 Å². The Balaban J connectivity index is 3.56. The molecule has 0 aromatic rings. The van der Waals surface area contributed by atoms with Gasteiger partial charge in [-0.25, -0.2) is 0 Å². The molecule has 0 bridgehead atoms. The lowest BCUT2D eigenvalue weighted by molar-refractivity contribution is -0.324. The van der Waals surface area contributed by atoms with E-state index in [1.165, 1.54) is 0 Å². The smallest absolute Gasteiger partial charge is 0.303 e. The molecule has 0 aliphatic carbocycles. The number of likely N-dealkylation sites (N-methyl/N-ethyl adjacent to an activating group) is 1. The van der Waals surface area contributed by atoms with E-state index in [2.05, 4.69) is 4.74 Å². The van der Waals surface area contributed by atoms with Crippen LogP contribution in [0.1, 0.15) is 6.92 Å². The van der Waals surface area contributed by atoms with Crippen molar-refractivity contribution >= 4 is 0 Å². The van der Waals surface area contributed by atoms with E-state index in [9.17, 15) is 13.2 Å². The summed E-state index contributed by atoms with van der Waals surface area (Å²) in [6.45, 7) is 1.91. The number of ether oxygens (including phenoxy) is 1. The zero-order chi connectivity index (χ0) is 11.2. The van der Waals surface area contributed by atoms with Crippen molar-refractivity contribution < 1.29 is 17.9 Å². The first kappa shape index (κ1) is 13.2. The topological polar surface area (TPSA) is 36.3 Å². The lowest BCUT2D eigenvalue weighted by Crippen LogP contribution is -2.29. The molecule has 0 fully saturated rings. The fraction of sp³-hybridized carbons (Fsp3) is 0.875. The van der Waals surface area contributed by atoms with E-state index in [0.717, 1.165) is 0 Å². The number of nitrogens with zero attached hydrogens (tertiary/aromatic N) is 2. The van der Waals surface area contributed by atoms with Crippen molar-refractivity contribution in [3.05, 3.63) is 0 Å². The van der Waals surface area contributed by atoms with Gasteiger partial charge in [-0.2, -0.15) is 5.26 Å². The van der Waals surface area contributed by atoms with E-state index in [-0.39, 0.29) is 12.5 Å². The zero-order valence-corrected chi connectivity index (χ0v) is 8.14. The number of alkyl halides is 3. The minimum Gasteiger partial charge on any atom is -0.303 e. The van der Waals surface area contributed by atoms with Crippen molar-refractivity contribution in [2.24, 2.45) is 5.92 Å². The summed E-state index contributed by atoms with van der Waals surface area (Å²) in [5.41, 5.74) is 0. The van der Waals surface area contributed by atoms with Gasteiger partial charge in [0.05, 0.1) is 18.6 Å². The van der Waals surface area contributed by atoms with Crippen molar-refractivity contribution in [1.29, 1.82) is 5.26 Å². The zero-order valence-electron chi connectivity index (χ0n) is 8.14. The third kappa shape index (κ3) is 7.83. The average molecular weight is 210 g/mol. The second-order valence-electron chi connectivity index (χ2n) is 3.09. The van der Waals surface area contributed by atoms with Crippen LogP contribution in [-0.4, -0.2) is 38.0 Å². The summed E-state index contributed by atoms with van der Waals surface area (Å²) in [7, 11) is 1.65. The molecule has 1 unspecified atom stereocenters. The largest absolute Gasteiger partial charge is 0.522 e. The monoisotopic (exact) mass is 210 g/mol. The van der Waals surface area contributed by atoms with Crippen molar-refractivity contribution in [2.45, 2.75) is 13.3 Å². The molecule has 6 heteroatoms. The Morgan fingerprint density at radius 1 is 1.50 bits per heavy atom. The summed E-state index contributed by atoms with van der Waals surface area (Å²) in [6, 6.07) is 2.00. The molecule has 0 aliphatic rings. The Morgan fingerprint density at radius 3 is 2.50 bits per heavy atom. The van der Waals surface area contributed by atoms with Crippen molar-refractivity contribution in [3.63, 3.8) is 0 Å². The summed E-state index contributed by atoms with van der Waals surface area (Å²) >= 11 is 0. The van der Waals surface area contributed by atoms with Crippen molar-refractivity contribution in [1.82, 2.24) is 4.90 Å². The fourth-order valence-corrected chi connectivity index (χ4v) is 0.917. The first-order valence-electron chi connectivity index (χ1n) is 4.14. The van der Waals surface area contributed by atoms with Crippen LogP contribution in [0.4, 0.5) is 13.2 Å². The fourth-order valence-electron chi connectivity index (χ4n) is 0.917. The predicted octanol–water partition coefficient (Wildman–Crippen LogP) is 1.61. The molecule has 0 saturated carbocycles. The first-order valence-corrected chi connectivity index (χ1v) is 4.14. The van der Waals surface area contributed by atoms with E-state index in [4.69, 9.17) is 5.26 Å². The van der Waals surface area contributed by atoms with Crippen LogP contribution in [0.3, 0.4) is 0 Å². The van der Waals surface area contributed by atoms with Crippen molar-refractivity contribution in [3.8, 4) is 6.07 Å². The van der Waals surface area contributed by atoms with E-state index in [1.807, 2.05) is 6.07 Å². The van der Waals surface area contributed by atoms with Gasteiger partial charge in [0.2, 0.25) is 0 Å². The van der Waals surface area contributed by atoms with Gasteiger partial charge >= 0.3 is 6.36 Å². The van der Waals surface area contributed by atoms with E-state index < -0.39 is 13.0 Å². The van der Waals surface area contributed by atoms with Gasteiger partial charge in [0.15, 0.2) is 0 Å². The highest BCUT2D eigenvalue weighted by Gasteiger charge is 2.28. The minimum atomic E-state index is -4.57. The third-order valence-electron chi connectivity index (χ3n) is 1.54. The lowest BCUT2D eigenvalue weighted by Gasteiger charge is -2.17. The lowest BCUT2D eigenvalue weighted by atomic mass is 10.2. The maximum Gasteiger partial charge on any atom is 0.522 e. The van der Waals surface area contributed by atoms with Gasteiger partial charge in [-0.3, -0.25) is 4.74 Å². The standard InChI is InChI=1S/C8H13F3N2O/c1-7(5-12)6-13(2)3-4-14-8(9,10)11/h7H,3-4,6H2,1-2H3. The van der Waals surface area contributed by atoms with Crippen LogP contribution in [0.25, 0.3) is 0 Å². The van der Waals surface area contributed by atoms with Gasteiger partial charge in [-0.15, -0.1) is 13.2 Å². The molecule has 82 valence electrons. The highest BCUT2D eigenvalue weighted by atomic mass is 19.4. The van der Waals surface area contributed by atoms with Gasteiger partial charge in [0.1, 0.15) is 0 Å². The molecule has 0 aromatic heterocycles. The molecule has 0 saturated heterocycles. The minimum absolute atomic E-state index is 0.158. The van der Waals surface area contributed by atoms with E-state index >= 15 is 0 Å². The Labute approximate surface area is 81.1 Å². The highest BCUT2D eigenvalue weighted by Crippen LogP contribution is 2.15. The molecule has 0 heterocycles. The van der Waals surface area contributed by atoms with Crippen molar-refractivity contribution in [2.75, 3.05) is 26.7 Å². The van der Waals surface area contributed by atoms with Crippen LogP contribution in [0.15, 0.2) is 0 Å². The van der Waals surface area contributed by atoms with Gasteiger partial charge < -0.3 is 4.90 Å². The molecular formula is C8H13F3N2O. The molecule has 1 atom stereocenters. The van der Waals surface area contributed by atoms with Crippen LogP contribution in [0.2, 0.25) is 0 Å². The number of hydrogen-bond donors (Lipinski definition) is 0. The Bertz CT molecular complexity index is 200. The summed E-state index contributed by atoms with van der Waals surface area (Å²) in [5, 5.41) is 8.45. The highest BCUT2D eigenvalue weighted by molar-refractivity contribution is 4.80. The molecule has 0 radical (unpaired) electrons. The van der Waals surface area contributed by atoms with E-state index in [0.29, 0.717) is 6.54 Å². The molecule has 3 nitrogen and oxygen atoms in total. The number of hydrogen-bond acceptors (Lipinski definition) is 3. The molecular weight excluding hydrogens is 197 g/mol. The second-order valence-corrected chi connectivity index (χ2v) is 3.09. The molecule has 0 rings (SSSR count). The van der Waals surface area contributed by atoms with Crippen LogP contribution in [-0.2, 0) is 4.74 Å². The molecule has 0 aromatic carbocycles. The quantitative estimate of drug-likeness (QED) is 0.691. The number of rotatable bonds is 5. The van der Waals surface area contributed by atoms with Gasteiger partial charge in [0.25, 0.3) is 0 Å². The normalized spacial score (nSPS) is 14.1. The number of nitriles is 1. The van der Waals surface area contributed by atoms with Gasteiger partial charge in [-0.1, -0.05) is 0 Å². The summed E-state index contributed by atoms with van der Waals surface area (Å²) in [6.07, 6.45) is -4.57. The van der Waals surface area contributed by atoms with Gasteiger partial charge in [-0.05, 0) is 14.0 Å². The molecule has 0 amide bonds. The maximum atomic E-state index is 11.5. The Morgan fingerprint density at radius 2 is 2.07 bits per heavy atom. The van der Waals surface area contributed by atoms with Crippen LogP contribution in [0, 0.1) is 17.2 Å². The third-order valence-corrected chi connectivity index (χ3v) is 1.54. The Kier molecular flexibility index (Phi) is 5.50. The first-order chi connectivity index (χ1) is 6.35. The maximum absolute atomic E-state index is 11.5. The van der Waals surface area contributed by atoms with Crippen LogP contribution < -0.4 is 0 Å². The summed E-state index contributed by atoms with van der Waals surface area (Å²) in [5.74, 6) is -0.189. The predicted molar refractivity (Wildman–Crippen MR) is 44.3 cm³/mol. The summed E-state index contributed by atoms with van der Waals surface area (Å²) in [4.78, 5) is 1.62.